The normalized spacial score (nSPS) is 41.2. The van der Waals surface area contributed by atoms with E-state index in [0.717, 1.165) is 38.2 Å². The molecule has 0 aromatic heterocycles. The van der Waals surface area contributed by atoms with Gasteiger partial charge in [0, 0.05) is 12.1 Å². The van der Waals surface area contributed by atoms with Crippen LogP contribution in [-0.2, 0) is 4.74 Å². The van der Waals surface area contributed by atoms with E-state index in [4.69, 9.17) is 10.5 Å². The summed E-state index contributed by atoms with van der Waals surface area (Å²) in [7, 11) is 0. The largest absolute Gasteiger partial charge is 0.394 e. The Bertz CT molecular complexity index is 259. The van der Waals surface area contributed by atoms with Crippen molar-refractivity contribution in [1.82, 2.24) is 0 Å². The van der Waals surface area contributed by atoms with E-state index < -0.39 is 0 Å². The number of hydrogen-bond acceptors (Lipinski definition) is 3. The van der Waals surface area contributed by atoms with E-state index in [1.165, 1.54) is 25.7 Å². The van der Waals surface area contributed by atoms with Gasteiger partial charge in [-0.2, -0.15) is 0 Å². The fraction of sp³-hybridized carbons (Fsp3) is 1.00. The molecule has 0 aromatic rings. The summed E-state index contributed by atoms with van der Waals surface area (Å²) in [5.74, 6) is 1.27. The molecule has 18 heavy (non-hydrogen) atoms. The van der Waals surface area contributed by atoms with E-state index in [2.05, 4.69) is 6.92 Å². The maximum Gasteiger partial charge on any atom is 0.0613 e. The first-order valence-electron chi connectivity index (χ1n) is 7.65. The lowest BCUT2D eigenvalue weighted by Crippen LogP contribution is -2.47. The van der Waals surface area contributed by atoms with Gasteiger partial charge in [-0.15, -0.1) is 0 Å². The first-order valence-corrected chi connectivity index (χ1v) is 7.65. The molecule has 4 unspecified atom stereocenters. The summed E-state index contributed by atoms with van der Waals surface area (Å²) in [4.78, 5) is 0. The fourth-order valence-corrected chi connectivity index (χ4v) is 3.72. The van der Waals surface area contributed by atoms with Crippen molar-refractivity contribution in [3.8, 4) is 0 Å². The SMILES string of the molecule is CC1CCCC(OCCC2CCCC2(N)CO)C1. The molecule has 2 rings (SSSR count). The zero-order valence-electron chi connectivity index (χ0n) is 11.7. The van der Waals surface area contributed by atoms with Crippen LogP contribution in [0.5, 0.6) is 0 Å². The number of aliphatic hydroxyl groups is 1. The highest BCUT2D eigenvalue weighted by molar-refractivity contribution is 4.95. The van der Waals surface area contributed by atoms with Crippen LogP contribution in [0.25, 0.3) is 0 Å². The summed E-state index contributed by atoms with van der Waals surface area (Å²) in [5.41, 5.74) is 5.91. The topological polar surface area (TPSA) is 55.5 Å². The lowest BCUT2D eigenvalue weighted by molar-refractivity contribution is 0.00407. The van der Waals surface area contributed by atoms with Crippen LogP contribution in [0.2, 0.25) is 0 Å². The molecule has 0 bridgehead atoms. The zero-order chi connectivity index (χ0) is 13.0. The Kier molecular flexibility index (Phi) is 5.05. The van der Waals surface area contributed by atoms with Crippen LogP contribution < -0.4 is 5.73 Å². The smallest absolute Gasteiger partial charge is 0.0613 e. The third-order valence-electron chi connectivity index (χ3n) is 5.01. The molecule has 2 aliphatic carbocycles. The summed E-state index contributed by atoms with van der Waals surface area (Å²) < 4.78 is 6.02. The highest BCUT2D eigenvalue weighted by Crippen LogP contribution is 2.36. The Morgan fingerprint density at radius 2 is 2.11 bits per heavy atom. The van der Waals surface area contributed by atoms with Crippen molar-refractivity contribution >= 4 is 0 Å². The Morgan fingerprint density at radius 1 is 1.28 bits per heavy atom. The standard InChI is InChI=1S/C15H29NO2/c1-12-4-2-6-14(10-12)18-9-7-13-5-3-8-15(13,16)11-17/h12-14,17H,2-11,16H2,1H3. The predicted molar refractivity (Wildman–Crippen MR) is 73.3 cm³/mol. The molecular formula is C15H29NO2. The molecule has 0 aliphatic heterocycles. The maximum atomic E-state index is 9.41. The Hall–Kier alpha value is -0.120. The quantitative estimate of drug-likeness (QED) is 0.793. The van der Waals surface area contributed by atoms with Crippen molar-refractivity contribution in [3.63, 3.8) is 0 Å². The molecule has 2 fully saturated rings. The van der Waals surface area contributed by atoms with Crippen molar-refractivity contribution in [1.29, 1.82) is 0 Å². The monoisotopic (exact) mass is 255 g/mol. The third-order valence-corrected chi connectivity index (χ3v) is 5.01. The number of ether oxygens (including phenoxy) is 1. The van der Waals surface area contributed by atoms with Crippen LogP contribution in [0.4, 0.5) is 0 Å². The lowest BCUT2D eigenvalue weighted by atomic mass is 9.86. The molecule has 0 saturated heterocycles. The van der Waals surface area contributed by atoms with Crippen LogP contribution in [-0.4, -0.2) is 30.0 Å². The minimum Gasteiger partial charge on any atom is -0.394 e. The molecule has 0 aromatic carbocycles. The maximum absolute atomic E-state index is 9.41. The van der Waals surface area contributed by atoms with Gasteiger partial charge in [-0.1, -0.05) is 26.2 Å². The number of nitrogens with two attached hydrogens (primary N) is 1. The van der Waals surface area contributed by atoms with Gasteiger partial charge in [-0.05, 0) is 43.9 Å². The highest BCUT2D eigenvalue weighted by Gasteiger charge is 2.38. The molecule has 4 atom stereocenters. The van der Waals surface area contributed by atoms with Crippen molar-refractivity contribution in [2.24, 2.45) is 17.6 Å². The molecule has 3 heteroatoms. The lowest BCUT2D eigenvalue weighted by Gasteiger charge is -2.31. The fourth-order valence-electron chi connectivity index (χ4n) is 3.72. The van der Waals surface area contributed by atoms with Gasteiger partial charge in [0.25, 0.3) is 0 Å². The van der Waals surface area contributed by atoms with E-state index >= 15 is 0 Å². The van der Waals surface area contributed by atoms with E-state index in [-0.39, 0.29) is 12.1 Å². The average molecular weight is 255 g/mol. The first-order chi connectivity index (χ1) is 8.64. The molecule has 0 radical (unpaired) electrons. The molecular weight excluding hydrogens is 226 g/mol. The average Bonchev–Trinajstić information content (AvgIpc) is 2.72. The minimum atomic E-state index is -0.330. The second kappa shape index (κ2) is 6.36. The number of rotatable bonds is 5. The summed E-state index contributed by atoms with van der Waals surface area (Å²) in [5, 5.41) is 9.41. The summed E-state index contributed by atoms with van der Waals surface area (Å²) >= 11 is 0. The second-order valence-electron chi connectivity index (χ2n) is 6.53. The number of hydrogen-bond donors (Lipinski definition) is 2. The van der Waals surface area contributed by atoms with Gasteiger partial charge in [0.05, 0.1) is 12.7 Å². The van der Waals surface area contributed by atoms with Crippen molar-refractivity contribution in [2.75, 3.05) is 13.2 Å². The first kappa shape index (κ1) is 14.3. The molecule has 3 N–H and O–H groups in total. The zero-order valence-corrected chi connectivity index (χ0v) is 11.7. The van der Waals surface area contributed by atoms with Crippen LogP contribution in [0, 0.1) is 11.8 Å². The van der Waals surface area contributed by atoms with Crippen LogP contribution in [0.3, 0.4) is 0 Å². The molecule has 0 spiro atoms. The molecule has 3 nitrogen and oxygen atoms in total. The van der Waals surface area contributed by atoms with E-state index in [1.807, 2.05) is 0 Å². The van der Waals surface area contributed by atoms with Gasteiger partial charge < -0.3 is 15.6 Å². The Labute approximate surface area is 111 Å². The van der Waals surface area contributed by atoms with Crippen molar-refractivity contribution in [2.45, 2.75) is 69.9 Å². The predicted octanol–water partition coefficient (Wildman–Crippen LogP) is 2.46. The minimum absolute atomic E-state index is 0.123. The van der Waals surface area contributed by atoms with Gasteiger partial charge in [0.1, 0.15) is 0 Å². The van der Waals surface area contributed by atoms with E-state index in [0.29, 0.717) is 12.0 Å². The second-order valence-corrected chi connectivity index (χ2v) is 6.53. The van der Waals surface area contributed by atoms with Crippen LogP contribution >= 0.6 is 0 Å². The molecule has 2 saturated carbocycles. The van der Waals surface area contributed by atoms with Crippen LogP contribution in [0.1, 0.15) is 58.3 Å². The molecule has 106 valence electrons. The molecule has 0 amide bonds. The summed E-state index contributed by atoms with van der Waals surface area (Å²) in [6.07, 6.45) is 9.88. The van der Waals surface area contributed by atoms with E-state index in [9.17, 15) is 5.11 Å². The van der Waals surface area contributed by atoms with Gasteiger partial charge in [-0.3, -0.25) is 0 Å². The van der Waals surface area contributed by atoms with Crippen molar-refractivity contribution in [3.05, 3.63) is 0 Å². The molecule has 2 aliphatic rings. The Morgan fingerprint density at radius 3 is 2.83 bits per heavy atom. The summed E-state index contributed by atoms with van der Waals surface area (Å²) in [6.45, 7) is 3.27. The van der Waals surface area contributed by atoms with E-state index in [1.54, 1.807) is 0 Å². The van der Waals surface area contributed by atoms with Crippen molar-refractivity contribution < 1.29 is 9.84 Å². The third kappa shape index (κ3) is 3.46. The van der Waals surface area contributed by atoms with Gasteiger partial charge in [0.2, 0.25) is 0 Å². The van der Waals surface area contributed by atoms with Gasteiger partial charge in [0.15, 0.2) is 0 Å². The summed E-state index contributed by atoms with van der Waals surface area (Å²) in [6, 6.07) is 0. The Balaban J connectivity index is 1.68. The molecule has 0 heterocycles. The number of aliphatic hydroxyl groups excluding tert-OH is 1. The van der Waals surface area contributed by atoms with Gasteiger partial charge in [-0.25, -0.2) is 0 Å². The highest BCUT2D eigenvalue weighted by atomic mass is 16.5. The van der Waals surface area contributed by atoms with Crippen LogP contribution in [0.15, 0.2) is 0 Å². The van der Waals surface area contributed by atoms with Gasteiger partial charge >= 0.3 is 0 Å².